The first-order valence-corrected chi connectivity index (χ1v) is 6.99. The first-order chi connectivity index (χ1) is 7.72. The predicted octanol–water partition coefficient (Wildman–Crippen LogP) is 3.06. The third-order valence-electron chi connectivity index (χ3n) is 2.32. The van der Waals surface area contributed by atoms with Crippen LogP contribution in [0.4, 0.5) is 0 Å². The van der Waals surface area contributed by atoms with Crippen LogP contribution in [0.2, 0.25) is 0 Å². The molecule has 0 spiro atoms. The Bertz CT molecular complexity index is 300. The van der Waals surface area contributed by atoms with Crippen molar-refractivity contribution in [2.45, 2.75) is 26.2 Å². The molecule has 1 heterocycles. The molecule has 2 nitrogen and oxygen atoms in total. The van der Waals surface area contributed by atoms with Gasteiger partial charge >= 0.3 is 0 Å². The molecule has 16 heavy (non-hydrogen) atoms. The normalized spacial score (nSPS) is 12.4. The Hall–Kier alpha value is -0.540. The number of hydrogen-bond acceptors (Lipinski definition) is 2. The summed E-state index contributed by atoms with van der Waals surface area (Å²) in [7, 11) is 0. The lowest BCUT2D eigenvalue weighted by molar-refractivity contribution is -0.121. The van der Waals surface area contributed by atoms with Crippen molar-refractivity contribution in [1.82, 2.24) is 5.32 Å². The minimum atomic E-state index is 0.133. The fraction of sp³-hybridized carbons (Fsp3) is 0.583. The summed E-state index contributed by atoms with van der Waals surface area (Å²) in [5.41, 5.74) is 0. The van der Waals surface area contributed by atoms with Crippen LogP contribution in [-0.2, 0) is 11.2 Å². The lowest BCUT2D eigenvalue weighted by Crippen LogP contribution is -2.28. The van der Waals surface area contributed by atoms with Crippen LogP contribution in [0.3, 0.4) is 0 Å². The highest BCUT2D eigenvalue weighted by Crippen LogP contribution is 2.11. The Morgan fingerprint density at radius 2 is 2.44 bits per heavy atom. The second-order valence-electron chi connectivity index (χ2n) is 4.00. The van der Waals surface area contributed by atoms with Crippen LogP contribution in [-0.4, -0.2) is 18.3 Å². The van der Waals surface area contributed by atoms with Gasteiger partial charge in [0.15, 0.2) is 0 Å². The van der Waals surface area contributed by atoms with Crippen molar-refractivity contribution in [3.63, 3.8) is 0 Å². The summed E-state index contributed by atoms with van der Waals surface area (Å²) in [4.78, 5) is 12.8. The van der Waals surface area contributed by atoms with Gasteiger partial charge < -0.3 is 5.32 Å². The van der Waals surface area contributed by atoms with Gasteiger partial charge in [0.25, 0.3) is 0 Å². The van der Waals surface area contributed by atoms with Gasteiger partial charge in [0.1, 0.15) is 0 Å². The van der Waals surface area contributed by atoms with Crippen molar-refractivity contribution in [3.05, 3.63) is 22.4 Å². The minimum absolute atomic E-state index is 0.133. The number of amides is 1. The van der Waals surface area contributed by atoms with E-state index >= 15 is 0 Å². The van der Waals surface area contributed by atoms with Crippen LogP contribution in [0, 0.1) is 5.92 Å². The molecule has 0 aliphatic heterocycles. The number of carbonyl (C=O) groups is 1. The maximum Gasteiger partial charge on any atom is 0.220 e. The number of carbonyl (C=O) groups excluding carboxylic acids is 1. The Morgan fingerprint density at radius 3 is 3.06 bits per heavy atom. The number of rotatable bonds is 7. The standard InChI is InChI=1S/C12H18ClNOS/c1-10(8-13)9-14-12(15)6-2-4-11-5-3-7-16-11/h3,5,7,10H,2,4,6,8-9H2,1H3,(H,14,15). The number of alkyl halides is 1. The summed E-state index contributed by atoms with van der Waals surface area (Å²) in [6.45, 7) is 2.71. The molecule has 1 N–H and O–H groups in total. The molecule has 0 fully saturated rings. The average Bonchev–Trinajstić information content (AvgIpc) is 2.79. The number of aryl methyl sites for hydroxylation is 1. The number of halogens is 1. The van der Waals surface area contributed by atoms with Crippen molar-refractivity contribution in [1.29, 1.82) is 0 Å². The summed E-state index contributed by atoms with van der Waals surface area (Å²) in [5.74, 6) is 1.08. The van der Waals surface area contributed by atoms with Gasteiger partial charge in [-0.2, -0.15) is 0 Å². The van der Waals surface area contributed by atoms with E-state index in [1.165, 1.54) is 4.88 Å². The van der Waals surface area contributed by atoms with Crippen LogP contribution in [0.1, 0.15) is 24.6 Å². The largest absolute Gasteiger partial charge is 0.356 e. The lowest BCUT2D eigenvalue weighted by Gasteiger charge is -2.08. The molecular weight excluding hydrogens is 242 g/mol. The summed E-state index contributed by atoms with van der Waals surface area (Å²) in [6.07, 6.45) is 2.52. The molecule has 0 bridgehead atoms. The molecule has 0 aromatic carbocycles. The Labute approximate surface area is 106 Å². The lowest BCUT2D eigenvalue weighted by atomic mass is 10.2. The second-order valence-corrected chi connectivity index (χ2v) is 5.34. The van der Waals surface area contributed by atoms with Crippen molar-refractivity contribution in [2.24, 2.45) is 5.92 Å². The highest BCUT2D eigenvalue weighted by molar-refractivity contribution is 7.09. The maximum atomic E-state index is 11.4. The molecule has 1 aromatic rings. The van der Waals surface area contributed by atoms with Gasteiger partial charge in [-0.3, -0.25) is 4.79 Å². The number of hydrogen-bond donors (Lipinski definition) is 1. The highest BCUT2D eigenvalue weighted by atomic mass is 35.5. The van der Waals surface area contributed by atoms with E-state index < -0.39 is 0 Å². The van der Waals surface area contributed by atoms with Crippen molar-refractivity contribution >= 4 is 28.8 Å². The van der Waals surface area contributed by atoms with Crippen LogP contribution < -0.4 is 5.32 Å². The molecule has 1 atom stereocenters. The monoisotopic (exact) mass is 259 g/mol. The summed E-state index contributed by atoms with van der Waals surface area (Å²) in [6, 6.07) is 4.15. The number of thiophene rings is 1. The zero-order valence-electron chi connectivity index (χ0n) is 9.54. The van der Waals surface area contributed by atoms with E-state index in [1.54, 1.807) is 11.3 Å². The summed E-state index contributed by atoms with van der Waals surface area (Å²) >= 11 is 7.40. The van der Waals surface area contributed by atoms with E-state index in [9.17, 15) is 4.79 Å². The highest BCUT2D eigenvalue weighted by Gasteiger charge is 2.04. The van der Waals surface area contributed by atoms with Crippen molar-refractivity contribution < 1.29 is 4.79 Å². The third kappa shape index (κ3) is 5.52. The van der Waals surface area contributed by atoms with Gasteiger partial charge in [0.05, 0.1) is 0 Å². The van der Waals surface area contributed by atoms with Crippen molar-refractivity contribution in [3.8, 4) is 0 Å². The van der Waals surface area contributed by atoms with Gasteiger partial charge in [-0.05, 0) is 30.2 Å². The zero-order valence-corrected chi connectivity index (χ0v) is 11.1. The van der Waals surface area contributed by atoms with Crippen LogP contribution >= 0.6 is 22.9 Å². The van der Waals surface area contributed by atoms with Gasteiger partial charge in [-0.25, -0.2) is 0 Å². The Kier molecular flexibility index (Phi) is 6.50. The van der Waals surface area contributed by atoms with Gasteiger partial charge in [0.2, 0.25) is 5.91 Å². The van der Waals surface area contributed by atoms with E-state index in [0.717, 1.165) is 12.8 Å². The Balaban J connectivity index is 2.06. The zero-order chi connectivity index (χ0) is 11.8. The SMILES string of the molecule is CC(CCl)CNC(=O)CCCc1cccs1. The minimum Gasteiger partial charge on any atom is -0.356 e. The molecule has 1 aromatic heterocycles. The van der Waals surface area contributed by atoms with E-state index in [-0.39, 0.29) is 5.91 Å². The molecule has 1 rings (SSSR count). The number of nitrogens with one attached hydrogen (secondary N) is 1. The summed E-state index contributed by atoms with van der Waals surface area (Å²) in [5, 5.41) is 4.96. The molecule has 1 amide bonds. The first-order valence-electron chi connectivity index (χ1n) is 5.57. The van der Waals surface area contributed by atoms with Crippen LogP contribution in [0.15, 0.2) is 17.5 Å². The van der Waals surface area contributed by atoms with E-state index in [1.807, 2.05) is 13.0 Å². The Morgan fingerprint density at radius 1 is 1.62 bits per heavy atom. The fourth-order valence-corrected chi connectivity index (χ4v) is 2.17. The molecule has 90 valence electrons. The molecular formula is C12H18ClNOS. The summed E-state index contributed by atoms with van der Waals surface area (Å²) < 4.78 is 0. The second kappa shape index (κ2) is 7.69. The average molecular weight is 260 g/mol. The van der Waals surface area contributed by atoms with E-state index in [4.69, 9.17) is 11.6 Å². The molecule has 0 saturated carbocycles. The first kappa shape index (κ1) is 13.5. The van der Waals surface area contributed by atoms with Crippen molar-refractivity contribution in [2.75, 3.05) is 12.4 Å². The molecule has 4 heteroatoms. The van der Waals surface area contributed by atoms with E-state index in [0.29, 0.717) is 24.8 Å². The molecule has 0 aliphatic carbocycles. The third-order valence-corrected chi connectivity index (χ3v) is 3.78. The van der Waals surface area contributed by atoms with E-state index in [2.05, 4.69) is 16.8 Å². The van der Waals surface area contributed by atoms with Gasteiger partial charge in [0, 0.05) is 23.7 Å². The smallest absolute Gasteiger partial charge is 0.220 e. The van der Waals surface area contributed by atoms with Crippen LogP contribution in [0.5, 0.6) is 0 Å². The topological polar surface area (TPSA) is 29.1 Å². The predicted molar refractivity (Wildman–Crippen MR) is 70.2 cm³/mol. The maximum absolute atomic E-state index is 11.4. The fourth-order valence-electron chi connectivity index (χ4n) is 1.31. The molecule has 0 radical (unpaired) electrons. The van der Waals surface area contributed by atoms with Crippen LogP contribution in [0.25, 0.3) is 0 Å². The van der Waals surface area contributed by atoms with Gasteiger partial charge in [-0.1, -0.05) is 13.0 Å². The molecule has 0 aliphatic rings. The molecule has 0 saturated heterocycles. The quantitative estimate of drug-likeness (QED) is 0.750. The molecule has 1 unspecified atom stereocenters. The van der Waals surface area contributed by atoms with Gasteiger partial charge in [-0.15, -0.1) is 22.9 Å².